The number of benzene rings is 1. The minimum atomic E-state index is -2.72. The summed E-state index contributed by atoms with van der Waals surface area (Å²) in [6.07, 6.45) is 1.69. The van der Waals surface area contributed by atoms with Crippen LogP contribution in [0.3, 0.4) is 0 Å². The summed E-state index contributed by atoms with van der Waals surface area (Å²) in [5.41, 5.74) is -0.276. The summed E-state index contributed by atoms with van der Waals surface area (Å²) in [6, 6.07) is 5.52. The van der Waals surface area contributed by atoms with E-state index in [-0.39, 0.29) is 22.4 Å². The lowest BCUT2D eigenvalue weighted by molar-refractivity contribution is -0.386. The number of nitro groups is 1. The summed E-state index contributed by atoms with van der Waals surface area (Å²) in [6.45, 7) is 4.78. The SMILES string of the molecule is COC(=O)C1=C(C)NC(C)=C(C(=O)OC(O)(O)C2(C)CCC2)C1c1cccc([N+](=O)[O-])c1. The third kappa shape index (κ3) is 3.98. The second kappa shape index (κ2) is 8.36. The number of hydrogen-bond donors (Lipinski definition) is 3. The number of carbonyl (C=O) groups excluding carboxylic acids is 2. The van der Waals surface area contributed by atoms with E-state index in [4.69, 9.17) is 9.47 Å². The standard InChI is InChI=1S/C22H26N2O8/c1-12-16(19(25)31-4)18(14-7-5-8-15(11-14)24(29)30)17(13(2)23-12)20(26)32-22(27,28)21(3)9-6-10-21/h5,7-8,11,18,23,27-28H,6,9-10H2,1-4H3. The number of non-ortho nitro benzene ring substituents is 1. The summed E-state index contributed by atoms with van der Waals surface area (Å²) in [5.74, 6) is -5.60. The molecule has 1 fully saturated rings. The van der Waals surface area contributed by atoms with Gasteiger partial charge in [-0.1, -0.05) is 25.5 Å². The molecular formula is C22H26N2O8. The molecule has 1 aliphatic heterocycles. The van der Waals surface area contributed by atoms with Gasteiger partial charge in [-0.15, -0.1) is 0 Å². The van der Waals surface area contributed by atoms with Crippen LogP contribution < -0.4 is 5.32 Å². The Balaban J connectivity index is 2.10. The Hall–Kier alpha value is -3.24. The van der Waals surface area contributed by atoms with Gasteiger partial charge in [-0.05, 0) is 32.3 Å². The van der Waals surface area contributed by atoms with E-state index in [1.807, 2.05) is 0 Å². The number of hydrogen-bond acceptors (Lipinski definition) is 9. The monoisotopic (exact) mass is 446 g/mol. The van der Waals surface area contributed by atoms with Crippen molar-refractivity contribution in [3.8, 4) is 0 Å². The zero-order valence-electron chi connectivity index (χ0n) is 18.3. The van der Waals surface area contributed by atoms with Crippen molar-refractivity contribution in [3.05, 3.63) is 62.5 Å². The zero-order valence-corrected chi connectivity index (χ0v) is 18.3. The Morgan fingerprint density at radius 3 is 2.28 bits per heavy atom. The lowest BCUT2D eigenvalue weighted by Gasteiger charge is -2.46. The molecule has 0 spiro atoms. The van der Waals surface area contributed by atoms with Gasteiger partial charge in [-0.25, -0.2) is 9.59 Å². The Labute approximate surface area is 184 Å². The van der Waals surface area contributed by atoms with E-state index in [0.717, 1.165) is 6.42 Å². The molecule has 1 saturated carbocycles. The number of aliphatic hydroxyl groups is 2. The van der Waals surface area contributed by atoms with Crippen LogP contribution in [0.1, 0.15) is 51.5 Å². The smallest absolute Gasteiger partial charge is 0.341 e. The van der Waals surface area contributed by atoms with Gasteiger partial charge in [-0.3, -0.25) is 10.1 Å². The van der Waals surface area contributed by atoms with Crippen LogP contribution in [0.4, 0.5) is 5.69 Å². The van der Waals surface area contributed by atoms with Gasteiger partial charge in [0.2, 0.25) is 0 Å². The van der Waals surface area contributed by atoms with Crippen molar-refractivity contribution in [1.29, 1.82) is 0 Å². The molecule has 1 unspecified atom stereocenters. The van der Waals surface area contributed by atoms with Gasteiger partial charge in [0.25, 0.3) is 5.69 Å². The third-order valence-corrected chi connectivity index (χ3v) is 6.28. The summed E-state index contributed by atoms with van der Waals surface area (Å²) in [4.78, 5) is 36.6. The first-order valence-electron chi connectivity index (χ1n) is 10.1. The molecule has 10 nitrogen and oxygen atoms in total. The van der Waals surface area contributed by atoms with E-state index in [1.165, 1.54) is 31.4 Å². The Kier molecular flexibility index (Phi) is 6.12. The fourth-order valence-corrected chi connectivity index (χ4v) is 4.14. The zero-order chi connectivity index (χ0) is 23.8. The van der Waals surface area contributed by atoms with Crippen LogP contribution in [-0.2, 0) is 19.1 Å². The first-order chi connectivity index (χ1) is 14.9. The maximum Gasteiger partial charge on any atom is 0.341 e. The molecule has 0 aromatic heterocycles. The Morgan fingerprint density at radius 2 is 1.78 bits per heavy atom. The largest absolute Gasteiger partial charge is 0.466 e. The second-order valence-corrected chi connectivity index (χ2v) is 8.39. The number of nitrogens with one attached hydrogen (secondary N) is 1. The molecule has 1 aliphatic carbocycles. The van der Waals surface area contributed by atoms with Crippen LogP contribution >= 0.6 is 0 Å². The van der Waals surface area contributed by atoms with Gasteiger partial charge in [0.15, 0.2) is 0 Å². The number of nitrogens with zero attached hydrogens (tertiary/aromatic N) is 1. The highest BCUT2D eigenvalue weighted by molar-refractivity contribution is 6.00. The van der Waals surface area contributed by atoms with Crippen LogP contribution in [0.25, 0.3) is 0 Å². The second-order valence-electron chi connectivity index (χ2n) is 8.39. The van der Waals surface area contributed by atoms with Crippen molar-refractivity contribution in [2.24, 2.45) is 5.41 Å². The normalized spacial score (nSPS) is 20.2. The summed E-state index contributed by atoms with van der Waals surface area (Å²) in [5, 5.41) is 35.2. The molecule has 0 bridgehead atoms. The number of nitro benzene ring substituents is 1. The number of methoxy groups -OCH3 is 1. The highest BCUT2D eigenvalue weighted by Gasteiger charge is 2.54. The van der Waals surface area contributed by atoms with E-state index in [1.54, 1.807) is 20.8 Å². The lowest BCUT2D eigenvalue weighted by atomic mass is 9.68. The van der Waals surface area contributed by atoms with Crippen molar-refractivity contribution >= 4 is 17.6 Å². The molecule has 172 valence electrons. The van der Waals surface area contributed by atoms with Gasteiger partial charge in [0, 0.05) is 23.5 Å². The maximum atomic E-state index is 13.2. The average Bonchev–Trinajstić information content (AvgIpc) is 2.70. The number of dihydropyridines is 1. The summed E-state index contributed by atoms with van der Waals surface area (Å²) >= 11 is 0. The fraction of sp³-hybridized carbons (Fsp3) is 0.455. The van der Waals surface area contributed by atoms with Crippen LogP contribution in [-0.4, -0.2) is 40.2 Å². The van der Waals surface area contributed by atoms with Gasteiger partial charge < -0.3 is 25.0 Å². The molecule has 32 heavy (non-hydrogen) atoms. The molecule has 0 saturated heterocycles. The summed E-state index contributed by atoms with van der Waals surface area (Å²) < 4.78 is 10.0. The number of allylic oxidation sites excluding steroid dienone is 2. The molecule has 1 aromatic rings. The maximum absolute atomic E-state index is 13.2. The van der Waals surface area contributed by atoms with E-state index < -0.39 is 34.2 Å². The van der Waals surface area contributed by atoms with Crippen LogP contribution in [0.15, 0.2) is 46.8 Å². The molecular weight excluding hydrogens is 420 g/mol. The fourth-order valence-electron chi connectivity index (χ4n) is 4.14. The van der Waals surface area contributed by atoms with Crippen molar-refractivity contribution < 1.29 is 34.2 Å². The van der Waals surface area contributed by atoms with E-state index >= 15 is 0 Å². The third-order valence-electron chi connectivity index (χ3n) is 6.28. The molecule has 0 amide bonds. The first-order valence-corrected chi connectivity index (χ1v) is 10.1. The van der Waals surface area contributed by atoms with Gasteiger partial charge in [-0.2, -0.15) is 0 Å². The van der Waals surface area contributed by atoms with Crippen molar-refractivity contribution in [1.82, 2.24) is 5.32 Å². The lowest BCUT2D eigenvalue weighted by Crippen LogP contribution is -2.54. The van der Waals surface area contributed by atoms with Gasteiger partial charge >= 0.3 is 17.9 Å². The topological polar surface area (TPSA) is 148 Å². The molecule has 3 rings (SSSR count). The number of esters is 2. The van der Waals surface area contributed by atoms with E-state index in [0.29, 0.717) is 24.2 Å². The van der Waals surface area contributed by atoms with Crippen LogP contribution in [0, 0.1) is 15.5 Å². The number of carbonyl (C=O) groups is 2. The van der Waals surface area contributed by atoms with Crippen LogP contribution in [0.2, 0.25) is 0 Å². The first kappa shape index (κ1) is 23.4. The predicted octanol–water partition coefficient (Wildman–Crippen LogP) is 2.37. The average molecular weight is 446 g/mol. The highest BCUT2D eigenvalue weighted by Crippen LogP contribution is 2.49. The quantitative estimate of drug-likeness (QED) is 0.259. The number of rotatable bonds is 6. The molecule has 0 radical (unpaired) electrons. The molecule has 1 atom stereocenters. The molecule has 2 aliphatic rings. The van der Waals surface area contributed by atoms with Gasteiger partial charge in [0.05, 0.1) is 34.5 Å². The van der Waals surface area contributed by atoms with E-state index in [9.17, 15) is 29.9 Å². The predicted molar refractivity (Wildman–Crippen MR) is 112 cm³/mol. The van der Waals surface area contributed by atoms with Crippen LogP contribution in [0.5, 0.6) is 0 Å². The molecule has 1 aromatic carbocycles. The van der Waals surface area contributed by atoms with Crippen molar-refractivity contribution in [3.63, 3.8) is 0 Å². The summed E-state index contributed by atoms with van der Waals surface area (Å²) in [7, 11) is 1.18. The van der Waals surface area contributed by atoms with Gasteiger partial charge in [0.1, 0.15) is 0 Å². The highest BCUT2D eigenvalue weighted by atomic mass is 16.8. The van der Waals surface area contributed by atoms with E-state index in [2.05, 4.69) is 5.32 Å². The minimum Gasteiger partial charge on any atom is -0.466 e. The van der Waals surface area contributed by atoms with Crippen molar-refractivity contribution in [2.75, 3.05) is 7.11 Å². The minimum absolute atomic E-state index is 0.0573. The Bertz CT molecular complexity index is 1040. The van der Waals surface area contributed by atoms with Crippen molar-refractivity contribution in [2.45, 2.75) is 51.9 Å². The Morgan fingerprint density at radius 1 is 1.19 bits per heavy atom. The number of ether oxygens (including phenoxy) is 2. The molecule has 1 heterocycles. The molecule has 10 heteroatoms. The molecule has 3 N–H and O–H groups in total.